The molecular formula is C14H16ClNO2. The maximum atomic E-state index is 10.5. The maximum absolute atomic E-state index is 10.5. The maximum Gasteiger partial charge on any atom is 0.328 e. The fourth-order valence-electron chi connectivity index (χ4n) is 2.18. The van der Waals surface area contributed by atoms with Crippen LogP contribution in [0.5, 0.6) is 0 Å². The molecule has 1 fully saturated rings. The minimum absolute atomic E-state index is 0.588. The first kappa shape index (κ1) is 13.0. The van der Waals surface area contributed by atoms with Crippen LogP contribution in [-0.2, 0) is 4.79 Å². The van der Waals surface area contributed by atoms with Crippen molar-refractivity contribution in [2.45, 2.75) is 13.3 Å². The van der Waals surface area contributed by atoms with Gasteiger partial charge in [0.15, 0.2) is 0 Å². The Balaban J connectivity index is 2.17. The molecule has 96 valence electrons. The first-order chi connectivity index (χ1) is 8.56. The Morgan fingerprint density at radius 2 is 2.33 bits per heavy atom. The van der Waals surface area contributed by atoms with Crippen molar-refractivity contribution < 1.29 is 9.90 Å². The van der Waals surface area contributed by atoms with Crippen LogP contribution in [0.4, 0.5) is 5.69 Å². The molecule has 0 saturated carbocycles. The third-order valence-corrected chi connectivity index (χ3v) is 3.51. The van der Waals surface area contributed by atoms with Crippen molar-refractivity contribution in [3.63, 3.8) is 0 Å². The predicted octanol–water partition coefficient (Wildman–Crippen LogP) is 3.28. The topological polar surface area (TPSA) is 40.5 Å². The van der Waals surface area contributed by atoms with Gasteiger partial charge < -0.3 is 10.0 Å². The molecule has 0 radical (unpaired) electrons. The van der Waals surface area contributed by atoms with Crippen molar-refractivity contribution in [2.24, 2.45) is 5.92 Å². The van der Waals surface area contributed by atoms with Crippen molar-refractivity contribution in [3.8, 4) is 0 Å². The lowest BCUT2D eigenvalue weighted by molar-refractivity contribution is -0.131. The van der Waals surface area contributed by atoms with Gasteiger partial charge in [-0.3, -0.25) is 0 Å². The van der Waals surface area contributed by atoms with Crippen LogP contribution < -0.4 is 4.90 Å². The molecule has 2 rings (SSSR count). The lowest BCUT2D eigenvalue weighted by Gasteiger charge is -2.18. The fourth-order valence-corrected chi connectivity index (χ4v) is 2.42. The first-order valence-electron chi connectivity index (χ1n) is 6.02. The lowest BCUT2D eigenvalue weighted by Crippen LogP contribution is -2.18. The molecule has 0 aromatic heterocycles. The zero-order valence-electron chi connectivity index (χ0n) is 10.3. The van der Waals surface area contributed by atoms with E-state index >= 15 is 0 Å². The van der Waals surface area contributed by atoms with Crippen LogP contribution in [0.3, 0.4) is 0 Å². The summed E-state index contributed by atoms with van der Waals surface area (Å²) in [5.74, 6) is -0.251. The van der Waals surface area contributed by atoms with Gasteiger partial charge in [0.2, 0.25) is 0 Å². The zero-order valence-corrected chi connectivity index (χ0v) is 11.0. The van der Waals surface area contributed by atoms with E-state index in [1.165, 1.54) is 12.5 Å². The zero-order chi connectivity index (χ0) is 13.1. The predicted molar refractivity (Wildman–Crippen MR) is 74.1 cm³/mol. The number of aliphatic carboxylic acids is 1. The van der Waals surface area contributed by atoms with Crippen LogP contribution >= 0.6 is 11.6 Å². The van der Waals surface area contributed by atoms with Crippen LogP contribution in [0.25, 0.3) is 6.08 Å². The highest BCUT2D eigenvalue weighted by Gasteiger charge is 2.19. The molecule has 0 amide bonds. The summed E-state index contributed by atoms with van der Waals surface area (Å²) in [7, 11) is 0. The molecule has 0 spiro atoms. The highest BCUT2D eigenvalue weighted by molar-refractivity contribution is 6.32. The number of halogens is 1. The van der Waals surface area contributed by atoms with E-state index in [1.807, 2.05) is 18.2 Å². The van der Waals surface area contributed by atoms with Crippen LogP contribution in [0, 0.1) is 5.92 Å². The third-order valence-electron chi connectivity index (χ3n) is 3.18. The Morgan fingerprint density at radius 1 is 1.56 bits per heavy atom. The van der Waals surface area contributed by atoms with Gasteiger partial charge in [-0.25, -0.2) is 4.79 Å². The number of carboxylic acids is 1. The minimum atomic E-state index is -0.969. The Morgan fingerprint density at radius 3 is 2.89 bits per heavy atom. The molecule has 1 saturated heterocycles. The van der Waals surface area contributed by atoms with Crippen molar-refractivity contribution in [1.82, 2.24) is 0 Å². The molecule has 3 nitrogen and oxygen atoms in total. The highest BCUT2D eigenvalue weighted by Crippen LogP contribution is 2.28. The van der Waals surface area contributed by atoms with E-state index in [0.29, 0.717) is 5.02 Å². The van der Waals surface area contributed by atoms with Crippen LogP contribution in [0.1, 0.15) is 18.9 Å². The number of anilines is 1. The second-order valence-corrected chi connectivity index (χ2v) is 5.12. The summed E-state index contributed by atoms with van der Waals surface area (Å²) >= 11 is 6.16. The van der Waals surface area contributed by atoms with E-state index in [-0.39, 0.29) is 0 Å². The molecule has 0 aliphatic carbocycles. The Bertz CT molecular complexity index is 485. The average Bonchev–Trinajstić information content (AvgIpc) is 2.74. The van der Waals surface area contributed by atoms with Crippen LogP contribution in [0.2, 0.25) is 5.02 Å². The minimum Gasteiger partial charge on any atom is -0.478 e. The summed E-state index contributed by atoms with van der Waals surface area (Å²) in [6.45, 7) is 4.36. The molecule has 1 atom stereocenters. The molecule has 4 heteroatoms. The summed E-state index contributed by atoms with van der Waals surface area (Å²) in [5.41, 5.74) is 1.84. The van der Waals surface area contributed by atoms with Crippen molar-refractivity contribution in [2.75, 3.05) is 18.0 Å². The van der Waals surface area contributed by atoms with Gasteiger partial charge in [-0.15, -0.1) is 0 Å². The quantitative estimate of drug-likeness (QED) is 0.853. The summed E-state index contributed by atoms with van der Waals surface area (Å²) < 4.78 is 0. The average molecular weight is 266 g/mol. The monoisotopic (exact) mass is 265 g/mol. The fraction of sp³-hybridized carbons (Fsp3) is 0.357. The Kier molecular flexibility index (Phi) is 3.92. The normalized spacial score (nSPS) is 19.7. The summed E-state index contributed by atoms with van der Waals surface area (Å²) in [6.07, 6.45) is 3.82. The third kappa shape index (κ3) is 3.05. The van der Waals surface area contributed by atoms with Crippen LogP contribution in [-0.4, -0.2) is 24.2 Å². The van der Waals surface area contributed by atoms with Crippen molar-refractivity contribution >= 4 is 29.3 Å². The summed E-state index contributed by atoms with van der Waals surface area (Å²) in [4.78, 5) is 12.8. The Hall–Kier alpha value is -1.48. The number of hydrogen-bond donors (Lipinski definition) is 1. The summed E-state index contributed by atoms with van der Waals surface area (Å²) in [6, 6.07) is 5.76. The second kappa shape index (κ2) is 5.44. The number of carbonyl (C=O) groups is 1. The van der Waals surface area contributed by atoms with Crippen molar-refractivity contribution in [3.05, 3.63) is 34.9 Å². The van der Waals surface area contributed by atoms with E-state index in [4.69, 9.17) is 16.7 Å². The number of hydrogen-bond acceptors (Lipinski definition) is 2. The number of rotatable bonds is 3. The molecule has 1 aromatic rings. The molecule has 1 aromatic carbocycles. The number of nitrogens with zero attached hydrogens (tertiary/aromatic N) is 1. The smallest absolute Gasteiger partial charge is 0.328 e. The molecule has 1 aliphatic heterocycles. The van der Waals surface area contributed by atoms with Gasteiger partial charge >= 0.3 is 5.97 Å². The molecule has 0 bridgehead atoms. The van der Waals surface area contributed by atoms with Gasteiger partial charge in [0.05, 0.1) is 0 Å². The number of benzene rings is 1. The van der Waals surface area contributed by atoms with E-state index in [9.17, 15) is 4.79 Å². The SMILES string of the molecule is CC1CCN(c2ccc(/C=C/C(=O)O)c(Cl)c2)C1. The second-order valence-electron chi connectivity index (χ2n) is 4.72. The van der Waals surface area contributed by atoms with Gasteiger partial charge in [0.1, 0.15) is 0 Å². The van der Waals surface area contributed by atoms with Gasteiger partial charge in [-0.05, 0) is 36.1 Å². The lowest BCUT2D eigenvalue weighted by atomic mass is 10.1. The van der Waals surface area contributed by atoms with Crippen molar-refractivity contribution in [1.29, 1.82) is 0 Å². The molecular weight excluding hydrogens is 250 g/mol. The van der Waals surface area contributed by atoms with Crippen LogP contribution in [0.15, 0.2) is 24.3 Å². The number of carboxylic acid groups (broad SMARTS) is 1. The van der Waals surface area contributed by atoms with Gasteiger partial charge in [-0.2, -0.15) is 0 Å². The molecule has 1 aliphatic rings. The molecule has 18 heavy (non-hydrogen) atoms. The van der Waals surface area contributed by atoms with Gasteiger partial charge in [-0.1, -0.05) is 24.6 Å². The standard InChI is InChI=1S/C14H16ClNO2/c1-10-6-7-16(9-10)12-4-2-11(13(15)8-12)3-5-14(17)18/h2-5,8,10H,6-7,9H2,1H3,(H,17,18)/b5-3+. The summed E-state index contributed by atoms with van der Waals surface area (Å²) in [5, 5.41) is 9.17. The van der Waals surface area contributed by atoms with E-state index in [1.54, 1.807) is 0 Å². The van der Waals surface area contributed by atoms with E-state index < -0.39 is 5.97 Å². The van der Waals surface area contributed by atoms with Gasteiger partial charge in [0, 0.05) is 29.9 Å². The largest absolute Gasteiger partial charge is 0.478 e. The molecule has 1 heterocycles. The van der Waals surface area contributed by atoms with E-state index in [0.717, 1.165) is 36.3 Å². The van der Waals surface area contributed by atoms with E-state index in [2.05, 4.69) is 11.8 Å². The Labute approximate surface area is 112 Å². The highest BCUT2D eigenvalue weighted by atomic mass is 35.5. The molecule has 1 unspecified atom stereocenters. The first-order valence-corrected chi connectivity index (χ1v) is 6.39. The van der Waals surface area contributed by atoms with Gasteiger partial charge in [0.25, 0.3) is 0 Å². The molecule has 1 N–H and O–H groups in total.